The Morgan fingerprint density at radius 2 is 2.44 bits per heavy atom. The van der Waals surface area contributed by atoms with Gasteiger partial charge in [-0.1, -0.05) is 0 Å². The molecule has 0 spiro atoms. The molecule has 1 aromatic heterocycles. The highest BCUT2D eigenvalue weighted by Crippen LogP contribution is 2.24. The molecule has 0 aromatic carbocycles. The monoisotopic (exact) mass is 191 g/mol. The second-order valence-electron chi connectivity index (χ2n) is 1.33. The molecule has 0 amide bonds. The predicted molar refractivity (Wildman–Crippen MR) is 33.1 cm³/mol. The molecule has 0 fully saturated rings. The molecule has 0 N–H and O–H groups in total. The van der Waals surface area contributed by atoms with Crippen LogP contribution in [-0.2, 0) is 0 Å². The first-order valence-electron chi connectivity index (χ1n) is 2.09. The molecule has 0 unspecified atom stereocenters. The Morgan fingerprint density at radius 1 is 1.78 bits per heavy atom. The van der Waals surface area contributed by atoms with Crippen LogP contribution in [0.1, 0.15) is 0 Å². The van der Waals surface area contributed by atoms with Crippen molar-refractivity contribution in [3.8, 4) is 0 Å². The van der Waals surface area contributed by atoms with Crippen molar-refractivity contribution in [2.24, 2.45) is 0 Å². The zero-order chi connectivity index (χ0) is 6.85. The van der Waals surface area contributed by atoms with Crippen molar-refractivity contribution in [1.29, 1.82) is 0 Å². The van der Waals surface area contributed by atoms with E-state index in [4.69, 9.17) is 0 Å². The van der Waals surface area contributed by atoms with Gasteiger partial charge in [0.05, 0.1) is 6.26 Å². The number of nitro groups is 1. The van der Waals surface area contributed by atoms with Gasteiger partial charge in [0.2, 0.25) is 0 Å². The van der Waals surface area contributed by atoms with Crippen LogP contribution in [0.4, 0.5) is 5.88 Å². The fraction of sp³-hybridized carbons (Fsp3) is 0. The highest BCUT2D eigenvalue weighted by molar-refractivity contribution is 9.10. The first kappa shape index (κ1) is 6.28. The fourth-order valence-electron chi connectivity index (χ4n) is 0.416. The molecule has 5 heteroatoms. The lowest BCUT2D eigenvalue weighted by Gasteiger charge is -1.80. The maximum atomic E-state index is 9.96. The molecule has 0 aliphatic heterocycles. The Balaban J connectivity index is 3.08. The summed E-state index contributed by atoms with van der Waals surface area (Å²) in [7, 11) is 0. The molecule has 1 rings (SSSR count). The average Bonchev–Trinajstić information content (AvgIpc) is 2.13. The summed E-state index contributed by atoms with van der Waals surface area (Å²) in [6, 6.07) is 1.47. The van der Waals surface area contributed by atoms with Gasteiger partial charge in [0.15, 0.2) is 0 Å². The van der Waals surface area contributed by atoms with Gasteiger partial charge in [0.25, 0.3) is 0 Å². The number of halogens is 1. The van der Waals surface area contributed by atoms with Crippen molar-refractivity contribution >= 4 is 21.8 Å². The third-order valence-electron chi connectivity index (χ3n) is 0.764. The van der Waals surface area contributed by atoms with Crippen LogP contribution in [0.3, 0.4) is 0 Å². The summed E-state index contributed by atoms with van der Waals surface area (Å²) in [6.07, 6.45) is 1.25. The molecular weight excluding hydrogens is 190 g/mol. The molecular formula is C4H2BrNO3. The summed E-state index contributed by atoms with van der Waals surface area (Å²) >= 11 is 2.93. The molecule has 0 aliphatic carbocycles. The molecule has 0 atom stereocenters. The van der Waals surface area contributed by atoms with E-state index >= 15 is 0 Å². The largest absolute Gasteiger partial charge is 0.447 e. The summed E-state index contributed by atoms with van der Waals surface area (Å²) in [5, 5.41) is 9.96. The molecule has 1 heterocycles. The maximum Gasteiger partial charge on any atom is 0.447 e. The van der Waals surface area contributed by atoms with Crippen LogP contribution in [0.15, 0.2) is 21.2 Å². The topological polar surface area (TPSA) is 56.3 Å². The standard InChI is InChI=1S/C4H2BrNO3/c5-3-1-2-9-4(3)6(7)8/h1-2H. The highest BCUT2D eigenvalue weighted by atomic mass is 79.9. The van der Waals surface area contributed by atoms with E-state index in [2.05, 4.69) is 20.3 Å². The fourth-order valence-corrected chi connectivity index (χ4v) is 0.762. The number of furan rings is 1. The number of rotatable bonds is 1. The van der Waals surface area contributed by atoms with Crippen molar-refractivity contribution in [3.63, 3.8) is 0 Å². The quantitative estimate of drug-likeness (QED) is 0.504. The van der Waals surface area contributed by atoms with Gasteiger partial charge in [-0.05, 0) is 22.0 Å². The van der Waals surface area contributed by atoms with Gasteiger partial charge >= 0.3 is 5.88 Å². The molecule has 0 bridgehead atoms. The van der Waals surface area contributed by atoms with Crippen molar-refractivity contribution in [3.05, 3.63) is 26.9 Å². The molecule has 48 valence electrons. The molecule has 4 nitrogen and oxygen atoms in total. The summed E-state index contributed by atoms with van der Waals surface area (Å²) in [6.45, 7) is 0. The van der Waals surface area contributed by atoms with Crippen LogP contribution in [0.2, 0.25) is 0 Å². The smallest absolute Gasteiger partial charge is 0.408 e. The first-order valence-corrected chi connectivity index (χ1v) is 2.88. The summed E-state index contributed by atoms with van der Waals surface area (Å²) in [5.41, 5.74) is 0. The maximum absolute atomic E-state index is 9.96. The van der Waals surface area contributed by atoms with Crippen LogP contribution >= 0.6 is 15.9 Å². The van der Waals surface area contributed by atoms with Crippen molar-refractivity contribution in [2.75, 3.05) is 0 Å². The molecule has 0 aliphatic rings. The minimum absolute atomic E-state index is 0.255. The predicted octanol–water partition coefficient (Wildman–Crippen LogP) is 1.95. The van der Waals surface area contributed by atoms with Crippen molar-refractivity contribution < 1.29 is 9.34 Å². The second kappa shape index (κ2) is 2.18. The third-order valence-corrected chi connectivity index (χ3v) is 1.37. The van der Waals surface area contributed by atoms with Crippen LogP contribution < -0.4 is 0 Å². The Bertz CT molecular complexity index is 231. The Morgan fingerprint density at radius 3 is 2.67 bits per heavy atom. The Kier molecular flexibility index (Phi) is 1.52. The van der Waals surface area contributed by atoms with Crippen LogP contribution in [0.25, 0.3) is 0 Å². The average molecular weight is 192 g/mol. The summed E-state index contributed by atoms with van der Waals surface area (Å²) in [4.78, 5) is 9.37. The molecule has 0 saturated heterocycles. The minimum Gasteiger partial charge on any atom is -0.408 e. The molecule has 0 saturated carbocycles. The second-order valence-corrected chi connectivity index (χ2v) is 2.19. The highest BCUT2D eigenvalue weighted by Gasteiger charge is 2.14. The Hall–Kier alpha value is -0.840. The van der Waals surface area contributed by atoms with Gasteiger partial charge < -0.3 is 4.42 Å². The third kappa shape index (κ3) is 1.10. The van der Waals surface area contributed by atoms with Crippen LogP contribution in [0.5, 0.6) is 0 Å². The summed E-state index contributed by atoms with van der Waals surface area (Å²) < 4.78 is 4.85. The first-order chi connectivity index (χ1) is 4.22. The minimum atomic E-state index is -0.593. The zero-order valence-corrected chi connectivity index (χ0v) is 5.79. The molecule has 9 heavy (non-hydrogen) atoms. The number of nitrogens with zero attached hydrogens (tertiary/aromatic N) is 1. The van der Waals surface area contributed by atoms with E-state index in [1.54, 1.807) is 0 Å². The van der Waals surface area contributed by atoms with E-state index in [9.17, 15) is 10.1 Å². The summed E-state index contributed by atoms with van der Waals surface area (Å²) in [5.74, 6) is -0.255. The van der Waals surface area contributed by atoms with Gasteiger partial charge in [0.1, 0.15) is 9.40 Å². The number of hydrogen-bond donors (Lipinski definition) is 0. The van der Waals surface area contributed by atoms with Crippen molar-refractivity contribution in [2.45, 2.75) is 0 Å². The van der Waals surface area contributed by atoms with Crippen molar-refractivity contribution in [1.82, 2.24) is 0 Å². The van der Waals surface area contributed by atoms with E-state index in [1.165, 1.54) is 12.3 Å². The van der Waals surface area contributed by atoms with Crippen LogP contribution in [-0.4, -0.2) is 4.92 Å². The normalized spacial score (nSPS) is 9.44. The van der Waals surface area contributed by atoms with Gasteiger partial charge in [0, 0.05) is 0 Å². The number of hydrogen-bond acceptors (Lipinski definition) is 3. The van der Waals surface area contributed by atoms with E-state index in [0.717, 1.165) is 0 Å². The van der Waals surface area contributed by atoms with Crippen LogP contribution in [0, 0.1) is 10.1 Å². The lowest BCUT2D eigenvalue weighted by Crippen LogP contribution is -1.83. The van der Waals surface area contributed by atoms with Gasteiger partial charge in [-0.3, -0.25) is 10.1 Å². The lowest BCUT2D eigenvalue weighted by atomic mass is 10.6. The van der Waals surface area contributed by atoms with Gasteiger partial charge in [-0.15, -0.1) is 0 Å². The van der Waals surface area contributed by atoms with E-state index in [0.29, 0.717) is 4.47 Å². The van der Waals surface area contributed by atoms with Gasteiger partial charge in [-0.25, -0.2) is 0 Å². The van der Waals surface area contributed by atoms with Gasteiger partial charge in [-0.2, -0.15) is 0 Å². The lowest BCUT2D eigenvalue weighted by molar-refractivity contribution is -0.403. The van der Waals surface area contributed by atoms with E-state index < -0.39 is 4.92 Å². The Labute approximate surface area is 58.7 Å². The molecule has 1 aromatic rings. The van der Waals surface area contributed by atoms with E-state index in [-0.39, 0.29) is 5.88 Å². The molecule has 0 radical (unpaired) electrons. The SMILES string of the molecule is O=[N+]([O-])c1occc1Br. The van der Waals surface area contributed by atoms with E-state index in [1.807, 2.05) is 0 Å². The zero-order valence-electron chi connectivity index (χ0n) is 4.20.